The minimum atomic E-state index is -2.17. The van der Waals surface area contributed by atoms with E-state index in [1.165, 1.54) is 0 Å². The molecule has 3 unspecified atom stereocenters. The van der Waals surface area contributed by atoms with Crippen LogP contribution in [-0.2, 0) is 17.6 Å². The highest BCUT2D eigenvalue weighted by Gasteiger charge is 2.33. The van der Waals surface area contributed by atoms with Crippen LogP contribution in [0.4, 0.5) is 13.2 Å². The fourth-order valence-electron chi connectivity index (χ4n) is 5.22. The molecule has 2 aromatic rings. The molecule has 1 aliphatic rings. The first-order valence-corrected chi connectivity index (χ1v) is 16.3. The first kappa shape index (κ1) is 37.4. The van der Waals surface area contributed by atoms with E-state index in [-0.39, 0.29) is 35.4 Å². The van der Waals surface area contributed by atoms with Gasteiger partial charge in [0.15, 0.2) is 11.6 Å². The van der Waals surface area contributed by atoms with Crippen molar-refractivity contribution in [1.82, 2.24) is 15.0 Å². The number of ether oxygens (including phenoxy) is 1. The first-order valence-electron chi connectivity index (χ1n) is 16.0. The van der Waals surface area contributed by atoms with Crippen LogP contribution in [0.5, 0.6) is 11.9 Å². The monoisotopic (exact) mass is 635 g/mol. The van der Waals surface area contributed by atoms with Gasteiger partial charge in [-0.15, -0.1) is 0 Å². The van der Waals surface area contributed by atoms with Crippen molar-refractivity contribution in [1.29, 1.82) is 0 Å². The highest BCUT2D eigenvalue weighted by atomic mass is 35.5. The van der Waals surface area contributed by atoms with Gasteiger partial charge in [0.2, 0.25) is 6.43 Å². The molecule has 0 aliphatic heterocycles. The number of hydrogen-bond acceptors (Lipinski definition) is 5. The molecular formula is C35H49ClF3N3O2. The van der Waals surface area contributed by atoms with Crippen LogP contribution in [-0.4, -0.2) is 27.2 Å². The number of unbranched alkanes of at least 4 members (excludes halogenated alkanes) is 1. The molecule has 0 amide bonds. The third kappa shape index (κ3) is 9.38. The van der Waals surface area contributed by atoms with Crippen LogP contribution in [0, 0.1) is 23.6 Å². The van der Waals surface area contributed by atoms with Crippen LogP contribution >= 0.6 is 11.6 Å². The third-order valence-electron chi connectivity index (χ3n) is 8.54. The zero-order valence-electron chi connectivity index (χ0n) is 27.8. The normalized spacial score (nSPS) is 15.6. The van der Waals surface area contributed by atoms with Crippen LogP contribution in [0.2, 0.25) is 5.15 Å². The van der Waals surface area contributed by atoms with Gasteiger partial charge in [0.1, 0.15) is 5.15 Å². The van der Waals surface area contributed by atoms with E-state index in [0.717, 1.165) is 78.9 Å². The molecule has 5 nitrogen and oxygen atoms in total. The summed E-state index contributed by atoms with van der Waals surface area (Å²) in [7, 11) is 0. The zero-order valence-corrected chi connectivity index (χ0v) is 28.5. The fourth-order valence-corrected chi connectivity index (χ4v) is 5.43. The Labute approximate surface area is 266 Å². The molecule has 0 spiro atoms. The van der Waals surface area contributed by atoms with Crippen LogP contribution in [0.3, 0.4) is 0 Å². The number of ketones is 1. The van der Waals surface area contributed by atoms with Gasteiger partial charge in [-0.25, -0.2) is 23.1 Å². The van der Waals surface area contributed by atoms with Gasteiger partial charge in [-0.3, -0.25) is 4.79 Å². The van der Waals surface area contributed by atoms with Gasteiger partial charge >= 0.3 is 6.01 Å². The SMILES string of the molecule is CC(F)F.CCCCc1cnc(Oc2ncc3c(c2F)C(C(C)CC)=C(/C(C(=O)C(C)CC)=C(\C)C(C)CC)CC3)nc1Cl. The van der Waals surface area contributed by atoms with E-state index in [0.29, 0.717) is 23.6 Å². The van der Waals surface area contributed by atoms with E-state index < -0.39 is 12.2 Å². The number of nitrogens with zero attached hydrogens (tertiary/aromatic N) is 3. The van der Waals surface area contributed by atoms with Crippen molar-refractivity contribution in [3.63, 3.8) is 0 Å². The third-order valence-corrected chi connectivity index (χ3v) is 8.87. The minimum absolute atomic E-state index is 0.0341. The van der Waals surface area contributed by atoms with Crippen LogP contribution < -0.4 is 4.74 Å². The molecule has 3 rings (SSSR count). The second-order valence-electron chi connectivity index (χ2n) is 11.7. The maximum atomic E-state index is 16.4. The lowest BCUT2D eigenvalue weighted by molar-refractivity contribution is -0.118. The van der Waals surface area contributed by atoms with Gasteiger partial charge in [0, 0.05) is 35.0 Å². The van der Waals surface area contributed by atoms with Gasteiger partial charge in [-0.2, -0.15) is 4.98 Å². The highest BCUT2D eigenvalue weighted by Crippen LogP contribution is 2.45. The molecular weight excluding hydrogens is 587 g/mol. The molecule has 3 atom stereocenters. The second-order valence-corrected chi connectivity index (χ2v) is 12.1. The van der Waals surface area contributed by atoms with E-state index in [4.69, 9.17) is 16.3 Å². The van der Waals surface area contributed by atoms with Crippen molar-refractivity contribution in [3.8, 4) is 11.9 Å². The lowest BCUT2D eigenvalue weighted by atomic mass is 9.73. The van der Waals surface area contributed by atoms with Gasteiger partial charge in [0.25, 0.3) is 5.88 Å². The fraction of sp³-hybridized carbons (Fsp3) is 0.600. The van der Waals surface area contributed by atoms with E-state index in [2.05, 4.69) is 56.5 Å². The molecule has 2 aromatic heterocycles. The summed E-state index contributed by atoms with van der Waals surface area (Å²) >= 11 is 6.37. The van der Waals surface area contributed by atoms with E-state index in [1.807, 2.05) is 13.8 Å². The number of carbonyl (C=O) groups is 1. The Kier molecular flexibility index (Phi) is 15.0. The molecule has 44 heavy (non-hydrogen) atoms. The largest absolute Gasteiger partial charge is 0.402 e. The summed E-state index contributed by atoms with van der Waals surface area (Å²) in [5.74, 6) is -0.404. The Morgan fingerprint density at radius 2 is 1.61 bits per heavy atom. The predicted molar refractivity (Wildman–Crippen MR) is 173 cm³/mol. The molecule has 0 bridgehead atoms. The number of fused-ring (bicyclic) bond motifs is 1. The average molecular weight is 636 g/mol. The number of rotatable bonds is 13. The average Bonchev–Trinajstić information content (AvgIpc) is 3.00. The summed E-state index contributed by atoms with van der Waals surface area (Å²) in [6.07, 6.45) is 7.71. The van der Waals surface area contributed by atoms with Gasteiger partial charge in [0.05, 0.1) is 0 Å². The molecule has 0 saturated heterocycles. The number of Topliss-reactive ketones (excluding diaryl/α,β-unsaturated/α-hetero) is 1. The quantitative estimate of drug-likeness (QED) is 0.162. The number of aromatic nitrogens is 3. The summed E-state index contributed by atoms with van der Waals surface area (Å²) in [4.78, 5) is 26.7. The summed E-state index contributed by atoms with van der Waals surface area (Å²) in [6, 6.07) is -0.0400. The highest BCUT2D eigenvalue weighted by molar-refractivity contribution is 6.30. The Morgan fingerprint density at radius 3 is 2.16 bits per heavy atom. The number of aryl methyl sites for hydroxylation is 2. The predicted octanol–water partition coefficient (Wildman–Crippen LogP) is 10.8. The minimum Gasteiger partial charge on any atom is -0.402 e. The number of pyridine rings is 1. The van der Waals surface area contributed by atoms with Crippen molar-refractivity contribution in [2.75, 3.05) is 0 Å². The molecule has 9 heteroatoms. The number of halogens is 4. The molecule has 0 radical (unpaired) electrons. The molecule has 0 N–H and O–H groups in total. The Hall–Kier alpha value is -2.74. The first-order chi connectivity index (χ1) is 20.8. The van der Waals surface area contributed by atoms with Crippen molar-refractivity contribution in [3.05, 3.63) is 56.8 Å². The summed E-state index contributed by atoms with van der Waals surface area (Å²) in [5, 5.41) is 0.304. The molecule has 0 saturated carbocycles. The van der Waals surface area contributed by atoms with E-state index in [1.54, 1.807) is 12.4 Å². The maximum absolute atomic E-state index is 16.4. The van der Waals surface area contributed by atoms with Crippen molar-refractivity contribution in [2.45, 2.75) is 120 Å². The zero-order chi connectivity index (χ0) is 33.1. The molecule has 2 heterocycles. The lowest BCUT2D eigenvalue weighted by Crippen LogP contribution is -2.22. The lowest BCUT2D eigenvalue weighted by Gasteiger charge is -2.31. The smallest absolute Gasteiger partial charge is 0.324 e. The van der Waals surface area contributed by atoms with E-state index in [9.17, 15) is 13.6 Å². The van der Waals surface area contributed by atoms with Crippen LogP contribution in [0.25, 0.3) is 5.57 Å². The topological polar surface area (TPSA) is 65.0 Å². The number of hydrogen-bond donors (Lipinski definition) is 0. The standard InChI is InChI=1S/C33H45ClFN3O2.C2H4F2/c1-9-13-14-24-18-37-33(38-31(24)34)40-32-29(35)28-23(17-36-32)15-16-25(26(28)20(6)11-3)27(22(8)19(5)10-2)30(39)21(7)12-4;1-2(3)4/h17-21H,9-16H2,1-8H3;2H,1H3/b27-22-;. The van der Waals surface area contributed by atoms with Crippen LogP contribution in [0.1, 0.15) is 118 Å². The van der Waals surface area contributed by atoms with Crippen molar-refractivity contribution in [2.24, 2.45) is 17.8 Å². The number of allylic oxidation sites excluding steroid dienone is 4. The summed E-state index contributed by atoms with van der Waals surface area (Å²) < 4.78 is 42.9. The Bertz CT molecular complexity index is 1340. The van der Waals surface area contributed by atoms with Crippen molar-refractivity contribution < 1.29 is 22.7 Å². The van der Waals surface area contributed by atoms with Gasteiger partial charge in [-0.1, -0.05) is 72.1 Å². The number of carbonyl (C=O) groups excluding carboxylic acids is 1. The molecule has 0 fully saturated rings. The van der Waals surface area contributed by atoms with Gasteiger partial charge in [-0.05, 0) is 87.3 Å². The Morgan fingerprint density at radius 1 is 0.977 bits per heavy atom. The van der Waals surface area contributed by atoms with Gasteiger partial charge < -0.3 is 4.74 Å². The van der Waals surface area contributed by atoms with Crippen molar-refractivity contribution >= 4 is 23.0 Å². The molecule has 1 aliphatic carbocycles. The Balaban J connectivity index is 0.00000159. The molecule has 0 aromatic carbocycles. The number of alkyl halides is 2. The molecule has 244 valence electrons. The van der Waals surface area contributed by atoms with Crippen LogP contribution in [0.15, 0.2) is 29.1 Å². The van der Waals surface area contributed by atoms with E-state index >= 15 is 4.39 Å². The maximum Gasteiger partial charge on any atom is 0.324 e. The summed E-state index contributed by atoms with van der Waals surface area (Å²) in [6.45, 7) is 17.5. The second kappa shape index (κ2) is 17.7. The summed E-state index contributed by atoms with van der Waals surface area (Å²) in [5.41, 5.74) is 5.90.